The lowest BCUT2D eigenvalue weighted by atomic mass is 9.81. The third kappa shape index (κ3) is 3.50. The van der Waals surface area contributed by atoms with Crippen molar-refractivity contribution in [3.8, 4) is 0 Å². The zero-order chi connectivity index (χ0) is 14.5. The van der Waals surface area contributed by atoms with Gasteiger partial charge >= 0.3 is 0 Å². The molecular formula is C14H19FN2OS. The van der Waals surface area contributed by atoms with E-state index in [1.54, 1.807) is 12.1 Å². The Morgan fingerprint density at radius 3 is 2.26 bits per heavy atom. The zero-order valence-corrected chi connectivity index (χ0v) is 12.0. The number of amides is 1. The fourth-order valence-corrected chi connectivity index (χ4v) is 2.37. The monoisotopic (exact) mass is 282 g/mol. The summed E-state index contributed by atoms with van der Waals surface area (Å²) in [7, 11) is 0. The molecule has 104 valence electrons. The second-order valence-electron chi connectivity index (χ2n) is 4.46. The first-order chi connectivity index (χ1) is 8.96. The van der Waals surface area contributed by atoms with Crippen LogP contribution in [0.4, 0.5) is 4.39 Å². The molecule has 3 N–H and O–H groups in total. The molecule has 0 saturated heterocycles. The summed E-state index contributed by atoms with van der Waals surface area (Å²) in [5, 5.41) is 2.81. The molecule has 0 bridgehead atoms. The van der Waals surface area contributed by atoms with Gasteiger partial charge in [-0.3, -0.25) is 4.79 Å². The van der Waals surface area contributed by atoms with Crippen molar-refractivity contribution >= 4 is 23.1 Å². The highest BCUT2D eigenvalue weighted by Crippen LogP contribution is 2.27. The molecule has 0 saturated carbocycles. The maximum Gasteiger partial charge on any atom is 0.233 e. The number of carbonyl (C=O) groups excluding carboxylic acids is 1. The Kier molecular flexibility index (Phi) is 5.42. The van der Waals surface area contributed by atoms with Crippen molar-refractivity contribution in [2.45, 2.75) is 33.2 Å². The Balaban J connectivity index is 2.73. The molecule has 0 spiro atoms. The van der Waals surface area contributed by atoms with Crippen LogP contribution in [0.15, 0.2) is 24.3 Å². The van der Waals surface area contributed by atoms with Crippen LogP contribution in [-0.4, -0.2) is 10.9 Å². The maximum atomic E-state index is 12.8. The van der Waals surface area contributed by atoms with Crippen molar-refractivity contribution in [2.24, 2.45) is 11.1 Å². The highest BCUT2D eigenvalue weighted by atomic mass is 32.1. The second kappa shape index (κ2) is 6.61. The summed E-state index contributed by atoms with van der Waals surface area (Å²) >= 11 is 5.02. The number of nitrogens with two attached hydrogens (primary N) is 1. The molecule has 1 rings (SSSR count). The predicted octanol–water partition coefficient (Wildman–Crippen LogP) is 2.53. The smallest absolute Gasteiger partial charge is 0.233 e. The van der Waals surface area contributed by atoms with Gasteiger partial charge in [0, 0.05) is 6.54 Å². The van der Waals surface area contributed by atoms with Crippen LogP contribution in [0.1, 0.15) is 32.3 Å². The molecule has 1 aromatic carbocycles. The first-order valence-corrected chi connectivity index (χ1v) is 6.69. The van der Waals surface area contributed by atoms with Crippen molar-refractivity contribution in [2.75, 3.05) is 0 Å². The molecule has 0 radical (unpaired) electrons. The summed E-state index contributed by atoms with van der Waals surface area (Å²) in [6.45, 7) is 4.11. The van der Waals surface area contributed by atoms with Crippen molar-refractivity contribution in [1.29, 1.82) is 0 Å². The molecule has 0 aromatic heterocycles. The van der Waals surface area contributed by atoms with Crippen LogP contribution in [0, 0.1) is 11.2 Å². The summed E-state index contributed by atoms with van der Waals surface area (Å²) in [5.41, 5.74) is 5.74. The van der Waals surface area contributed by atoms with Crippen molar-refractivity contribution in [1.82, 2.24) is 5.32 Å². The van der Waals surface area contributed by atoms with Crippen molar-refractivity contribution in [3.05, 3.63) is 35.6 Å². The van der Waals surface area contributed by atoms with E-state index in [0.717, 1.165) is 5.56 Å². The lowest BCUT2D eigenvalue weighted by molar-refractivity contribution is -0.128. The Hall–Kier alpha value is -1.49. The van der Waals surface area contributed by atoms with Gasteiger partial charge < -0.3 is 11.1 Å². The van der Waals surface area contributed by atoms with Crippen molar-refractivity contribution < 1.29 is 9.18 Å². The van der Waals surface area contributed by atoms with Crippen LogP contribution in [0.3, 0.4) is 0 Å². The van der Waals surface area contributed by atoms with E-state index >= 15 is 0 Å². The van der Waals surface area contributed by atoms with Crippen LogP contribution in [0.5, 0.6) is 0 Å². The number of hydrogen-bond acceptors (Lipinski definition) is 2. The van der Waals surface area contributed by atoms with Gasteiger partial charge in [-0.05, 0) is 30.5 Å². The van der Waals surface area contributed by atoms with Crippen LogP contribution in [0.25, 0.3) is 0 Å². The van der Waals surface area contributed by atoms with Crippen molar-refractivity contribution in [3.63, 3.8) is 0 Å². The second-order valence-corrected chi connectivity index (χ2v) is 4.90. The quantitative estimate of drug-likeness (QED) is 0.788. The van der Waals surface area contributed by atoms with Gasteiger partial charge in [0.15, 0.2) is 0 Å². The van der Waals surface area contributed by atoms with Crippen LogP contribution in [0.2, 0.25) is 0 Å². The minimum atomic E-state index is -0.796. The first-order valence-electron chi connectivity index (χ1n) is 6.29. The normalized spacial score (nSPS) is 11.1. The van der Waals surface area contributed by atoms with Gasteiger partial charge in [0.05, 0.1) is 10.4 Å². The molecule has 0 fully saturated rings. The van der Waals surface area contributed by atoms with Crippen LogP contribution in [-0.2, 0) is 11.3 Å². The average molecular weight is 282 g/mol. The van der Waals surface area contributed by atoms with Crippen LogP contribution >= 0.6 is 12.2 Å². The van der Waals surface area contributed by atoms with E-state index in [1.807, 2.05) is 13.8 Å². The number of rotatable bonds is 6. The summed E-state index contributed by atoms with van der Waals surface area (Å²) in [6.07, 6.45) is 1.13. The number of hydrogen-bond donors (Lipinski definition) is 2. The Morgan fingerprint density at radius 1 is 1.32 bits per heavy atom. The summed E-state index contributed by atoms with van der Waals surface area (Å²) in [4.78, 5) is 12.5. The van der Waals surface area contributed by atoms with Gasteiger partial charge in [0.2, 0.25) is 5.91 Å². The fraction of sp³-hybridized carbons (Fsp3) is 0.429. The summed E-state index contributed by atoms with van der Waals surface area (Å²) in [5.74, 6) is -0.469. The standard InChI is InChI=1S/C14H19FN2OS/c1-3-14(4-2,12(16)19)13(18)17-9-10-5-7-11(15)8-6-10/h5-8H,3-4,9H2,1-2H3,(H2,16,19)(H,17,18). The Bertz CT molecular complexity index is 455. The van der Waals surface area contributed by atoms with E-state index in [0.29, 0.717) is 19.4 Å². The topological polar surface area (TPSA) is 55.1 Å². The minimum Gasteiger partial charge on any atom is -0.392 e. The Morgan fingerprint density at radius 2 is 1.84 bits per heavy atom. The number of nitrogens with one attached hydrogen (secondary N) is 1. The third-order valence-corrected chi connectivity index (χ3v) is 3.87. The lowest BCUT2D eigenvalue weighted by Crippen LogP contribution is -2.48. The molecule has 0 aliphatic rings. The van der Waals surface area contributed by atoms with E-state index in [-0.39, 0.29) is 16.7 Å². The SMILES string of the molecule is CCC(CC)(C(=O)NCc1ccc(F)cc1)C(N)=S. The van der Waals surface area contributed by atoms with E-state index in [4.69, 9.17) is 18.0 Å². The van der Waals surface area contributed by atoms with Gasteiger partial charge in [-0.1, -0.05) is 38.2 Å². The number of carbonyl (C=O) groups is 1. The van der Waals surface area contributed by atoms with E-state index in [2.05, 4.69) is 5.32 Å². The lowest BCUT2D eigenvalue weighted by Gasteiger charge is -2.28. The summed E-state index contributed by atoms with van der Waals surface area (Å²) in [6, 6.07) is 6.00. The molecule has 3 nitrogen and oxygen atoms in total. The molecular weight excluding hydrogens is 263 g/mol. The third-order valence-electron chi connectivity index (χ3n) is 3.48. The molecule has 0 atom stereocenters. The average Bonchev–Trinajstić information content (AvgIpc) is 2.39. The van der Waals surface area contributed by atoms with Gasteiger partial charge in [0.1, 0.15) is 5.82 Å². The first kappa shape index (κ1) is 15.6. The van der Waals surface area contributed by atoms with E-state index in [9.17, 15) is 9.18 Å². The van der Waals surface area contributed by atoms with Gasteiger partial charge in [-0.25, -0.2) is 4.39 Å². The number of thiocarbonyl (C=S) groups is 1. The molecule has 1 aromatic rings. The molecule has 0 aliphatic heterocycles. The highest BCUT2D eigenvalue weighted by molar-refractivity contribution is 7.80. The zero-order valence-electron chi connectivity index (χ0n) is 11.2. The van der Waals surface area contributed by atoms with E-state index < -0.39 is 5.41 Å². The Labute approximate surface area is 118 Å². The highest BCUT2D eigenvalue weighted by Gasteiger charge is 2.37. The largest absolute Gasteiger partial charge is 0.392 e. The minimum absolute atomic E-state index is 0.172. The fourth-order valence-electron chi connectivity index (χ4n) is 1.99. The van der Waals surface area contributed by atoms with Gasteiger partial charge in [0.25, 0.3) is 0 Å². The molecule has 19 heavy (non-hydrogen) atoms. The molecule has 0 aliphatic carbocycles. The maximum absolute atomic E-state index is 12.8. The molecule has 0 heterocycles. The molecule has 1 amide bonds. The van der Waals surface area contributed by atoms with E-state index in [1.165, 1.54) is 12.1 Å². The van der Waals surface area contributed by atoms with Crippen LogP contribution < -0.4 is 11.1 Å². The molecule has 0 unspecified atom stereocenters. The van der Waals surface area contributed by atoms with Gasteiger partial charge in [-0.15, -0.1) is 0 Å². The molecule has 5 heteroatoms. The number of benzene rings is 1. The van der Waals surface area contributed by atoms with Gasteiger partial charge in [-0.2, -0.15) is 0 Å². The number of halogens is 1. The predicted molar refractivity (Wildman–Crippen MR) is 78.0 cm³/mol. The summed E-state index contributed by atoms with van der Waals surface area (Å²) < 4.78 is 12.8.